The van der Waals surface area contributed by atoms with Gasteiger partial charge in [0.15, 0.2) is 11.0 Å². The first-order chi connectivity index (χ1) is 10.4. The Bertz CT molecular complexity index is 388. The van der Waals surface area contributed by atoms with Crippen LogP contribution in [0, 0.1) is 0 Å². The number of carbonyl (C=O) groups excluding carboxylic acids is 1. The van der Waals surface area contributed by atoms with Crippen LogP contribution in [0.1, 0.15) is 84.0 Å². The van der Waals surface area contributed by atoms with Crippen molar-refractivity contribution in [2.75, 3.05) is 6.54 Å². The molecule has 1 atom stereocenters. The Labute approximate surface area is 184 Å². The van der Waals surface area contributed by atoms with E-state index in [9.17, 15) is 13.2 Å². The van der Waals surface area contributed by atoms with Gasteiger partial charge in [0.05, 0.1) is 0 Å². The van der Waals surface area contributed by atoms with Gasteiger partial charge in [0, 0.05) is 13.0 Å². The molecule has 134 valence electrons. The molecule has 0 rings (SSSR count). The van der Waals surface area contributed by atoms with E-state index < -0.39 is 21.2 Å². The molecule has 23 heavy (non-hydrogen) atoms. The average Bonchev–Trinajstić information content (AvgIpc) is 2.44. The van der Waals surface area contributed by atoms with E-state index >= 15 is 0 Å². The predicted molar refractivity (Wildman–Crippen MR) is 97.6 cm³/mol. The summed E-state index contributed by atoms with van der Waals surface area (Å²) in [7, 11) is -4.35. The van der Waals surface area contributed by atoms with Crippen LogP contribution in [0.2, 0.25) is 0 Å². The van der Waals surface area contributed by atoms with Gasteiger partial charge in [-0.1, -0.05) is 71.1 Å². The van der Waals surface area contributed by atoms with E-state index in [1.165, 1.54) is 51.4 Å². The molecular weight excluding hydrogens is 341 g/mol. The molecule has 3 N–H and O–H groups in total. The van der Waals surface area contributed by atoms with Crippen molar-refractivity contribution in [2.24, 2.45) is 5.73 Å². The van der Waals surface area contributed by atoms with Gasteiger partial charge in [0.2, 0.25) is 0 Å². The number of unbranched alkanes of at least 4 members (excludes halogenated alkanes) is 10. The Hall–Kier alpha value is 1.18. The summed E-state index contributed by atoms with van der Waals surface area (Å²) in [5.41, 5.74) is 5.23. The molecule has 0 aliphatic rings. The number of carbonyl (C=O) groups is 1. The Balaban J connectivity index is 0. The molecule has 0 aromatic heterocycles. The van der Waals surface area contributed by atoms with E-state index in [1.807, 2.05) is 0 Å². The summed E-state index contributed by atoms with van der Waals surface area (Å²) in [5, 5.41) is -1.45. The normalized spacial score (nSPS) is 12.7. The van der Waals surface area contributed by atoms with Crippen LogP contribution in [0.25, 0.3) is 0 Å². The molecule has 0 bridgehead atoms. The Kier molecular flexibility index (Phi) is 19.1. The molecule has 0 amide bonds. The number of Topliss-reactive ketones (excluding diaryl/α,β-unsaturated/α-hetero) is 1. The minimum atomic E-state index is -4.35. The van der Waals surface area contributed by atoms with Gasteiger partial charge in [-0.05, 0) is 6.42 Å². The Morgan fingerprint density at radius 1 is 0.913 bits per heavy atom. The van der Waals surface area contributed by atoms with Gasteiger partial charge in [0.25, 0.3) is 10.1 Å². The second kappa shape index (κ2) is 16.6. The SMILES string of the molecule is CCCCCCCCCCCCCC(=O)C(CN)S(=O)(=O)O.[KH]. The predicted octanol–water partition coefficient (Wildman–Crippen LogP) is 2.82. The number of nitrogens with two attached hydrogens (primary N) is 1. The van der Waals surface area contributed by atoms with Crippen LogP contribution in [0.3, 0.4) is 0 Å². The van der Waals surface area contributed by atoms with Crippen molar-refractivity contribution in [3.8, 4) is 0 Å². The van der Waals surface area contributed by atoms with Gasteiger partial charge < -0.3 is 5.73 Å². The average molecular weight is 376 g/mol. The van der Waals surface area contributed by atoms with Gasteiger partial charge >= 0.3 is 51.4 Å². The maximum atomic E-state index is 11.7. The number of hydrogen-bond donors (Lipinski definition) is 2. The minimum absolute atomic E-state index is 0. The second-order valence-corrected chi connectivity index (χ2v) is 7.59. The van der Waals surface area contributed by atoms with Crippen molar-refractivity contribution < 1.29 is 17.8 Å². The molecule has 0 aliphatic heterocycles. The molecule has 0 spiro atoms. The van der Waals surface area contributed by atoms with E-state index in [-0.39, 0.29) is 64.4 Å². The fourth-order valence-corrected chi connectivity index (χ4v) is 3.24. The summed E-state index contributed by atoms with van der Waals surface area (Å²) < 4.78 is 30.8. The van der Waals surface area contributed by atoms with E-state index in [0.29, 0.717) is 6.42 Å². The molecule has 0 aromatic rings. The van der Waals surface area contributed by atoms with Crippen LogP contribution in [0.4, 0.5) is 0 Å². The molecule has 0 saturated heterocycles. The van der Waals surface area contributed by atoms with Crippen LogP contribution < -0.4 is 5.73 Å². The van der Waals surface area contributed by atoms with Crippen LogP contribution in [0.15, 0.2) is 0 Å². The molecule has 0 fully saturated rings. The van der Waals surface area contributed by atoms with Gasteiger partial charge in [-0.15, -0.1) is 0 Å². The first-order valence-corrected chi connectivity index (χ1v) is 10.1. The quantitative estimate of drug-likeness (QED) is 0.260. The van der Waals surface area contributed by atoms with Crippen LogP contribution in [0.5, 0.6) is 0 Å². The van der Waals surface area contributed by atoms with Crippen molar-refractivity contribution in [2.45, 2.75) is 89.2 Å². The third-order valence-corrected chi connectivity index (χ3v) is 5.13. The Morgan fingerprint density at radius 3 is 1.65 bits per heavy atom. The van der Waals surface area contributed by atoms with E-state index in [4.69, 9.17) is 10.3 Å². The van der Waals surface area contributed by atoms with Gasteiger partial charge in [0.1, 0.15) is 0 Å². The van der Waals surface area contributed by atoms with Crippen LogP contribution in [-0.4, -0.2) is 81.9 Å². The summed E-state index contributed by atoms with van der Waals surface area (Å²) in [6.07, 6.45) is 13.1. The second-order valence-electron chi connectivity index (χ2n) is 5.99. The zero-order valence-electron chi connectivity index (χ0n) is 13.9. The van der Waals surface area contributed by atoms with Gasteiger partial charge in [-0.3, -0.25) is 9.35 Å². The van der Waals surface area contributed by atoms with E-state index in [0.717, 1.165) is 12.8 Å². The summed E-state index contributed by atoms with van der Waals surface area (Å²) >= 11 is 0. The fourth-order valence-electron chi connectivity index (χ4n) is 2.54. The first kappa shape index (κ1) is 26.4. The molecule has 5 nitrogen and oxygen atoms in total. The van der Waals surface area contributed by atoms with Crippen molar-refractivity contribution in [3.63, 3.8) is 0 Å². The molecule has 0 radical (unpaired) electrons. The molecule has 1 unspecified atom stereocenters. The van der Waals surface area contributed by atoms with Crippen LogP contribution in [-0.2, 0) is 14.9 Å². The molecular formula is C16H34KNO4S. The topological polar surface area (TPSA) is 97.5 Å². The monoisotopic (exact) mass is 375 g/mol. The number of ketones is 1. The van der Waals surface area contributed by atoms with Crippen LogP contribution >= 0.6 is 0 Å². The first-order valence-electron chi connectivity index (χ1n) is 8.62. The van der Waals surface area contributed by atoms with Crippen molar-refractivity contribution in [1.29, 1.82) is 0 Å². The maximum absolute atomic E-state index is 11.7. The summed E-state index contributed by atoms with van der Waals surface area (Å²) in [6.45, 7) is 1.87. The summed E-state index contributed by atoms with van der Waals surface area (Å²) in [5.74, 6) is -0.471. The third-order valence-electron chi connectivity index (χ3n) is 3.96. The zero-order valence-corrected chi connectivity index (χ0v) is 14.7. The van der Waals surface area contributed by atoms with Crippen molar-refractivity contribution in [3.05, 3.63) is 0 Å². The fraction of sp³-hybridized carbons (Fsp3) is 0.938. The molecule has 7 heteroatoms. The van der Waals surface area contributed by atoms with Gasteiger partial charge in [-0.2, -0.15) is 8.42 Å². The number of rotatable bonds is 15. The molecule has 0 heterocycles. The molecule has 0 aromatic carbocycles. The van der Waals surface area contributed by atoms with E-state index in [2.05, 4.69) is 6.92 Å². The number of hydrogen-bond acceptors (Lipinski definition) is 4. The summed E-state index contributed by atoms with van der Waals surface area (Å²) in [4.78, 5) is 11.7. The van der Waals surface area contributed by atoms with Crippen molar-refractivity contribution in [1.82, 2.24) is 0 Å². The third kappa shape index (κ3) is 15.2. The molecule has 0 aliphatic carbocycles. The zero-order chi connectivity index (χ0) is 16.8. The van der Waals surface area contributed by atoms with Gasteiger partial charge in [-0.25, -0.2) is 0 Å². The Morgan fingerprint density at radius 2 is 1.30 bits per heavy atom. The molecule has 0 saturated carbocycles. The van der Waals surface area contributed by atoms with Crippen molar-refractivity contribution >= 4 is 67.3 Å². The standard InChI is InChI=1S/C16H33NO4S.K.H/c1-2-3-4-5-6-7-8-9-10-11-12-13-15(18)16(14-17)22(19,20)21;;/h16H,2-14,17H2,1H3,(H,19,20,21);;. The van der Waals surface area contributed by atoms with E-state index in [1.54, 1.807) is 0 Å². The summed E-state index contributed by atoms with van der Waals surface area (Å²) in [6, 6.07) is 0.